The van der Waals surface area contributed by atoms with E-state index < -0.39 is 0 Å². The summed E-state index contributed by atoms with van der Waals surface area (Å²) in [6, 6.07) is 15.4. The lowest BCUT2D eigenvalue weighted by atomic mass is 9.95. The summed E-state index contributed by atoms with van der Waals surface area (Å²) in [7, 11) is 1.95. The van der Waals surface area contributed by atoms with Crippen LogP contribution in [0, 0.1) is 0 Å². The number of nitrogens with one attached hydrogen (secondary N) is 1. The van der Waals surface area contributed by atoms with Gasteiger partial charge in [0.15, 0.2) is 0 Å². The average Bonchev–Trinajstić information content (AvgIpc) is 2.53. The molecule has 0 heterocycles. The number of benzene rings is 2. The third-order valence-electron chi connectivity index (χ3n) is 4.33. The molecule has 2 aromatic carbocycles. The summed E-state index contributed by atoms with van der Waals surface area (Å²) in [4.78, 5) is 0. The van der Waals surface area contributed by atoms with Crippen LogP contribution in [0.2, 0.25) is 5.02 Å². The van der Waals surface area contributed by atoms with Crippen molar-refractivity contribution in [2.75, 3.05) is 7.05 Å². The van der Waals surface area contributed by atoms with Gasteiger partial charge in [-0.2, -0.15) is 0 Å². The summed E-state index contributed by atoms with van der Waals surface area (Å²) in [5.74, 6) is 0.612. The Hall–Kier alpha value is -1.31. The highest BCUT2D eigenvalue weighted by Gasteiger charge is 2.09. The van der Waals surface area contributed by atoms with Gasteiger partial charge in [0, 0.05) is 11.1 Å². The summed E-state index contributed by atoms with van der Waals surface area (Å²) < 4.78 is 0. The molecule has 112 valence electrons. The molecule has 0 saturated heterocycles. The van der Waals surface area contributed by atoms with E-state index in [-0.39, 0.29) is 6.04 Å². The van der Waals surface area contributed by atoms with Crippen LogP contribution in [0.1, 0.15) is 50.3 Å². The third kappa shape index (κ3) is 3.66. The van der Waals surface area contributed by atoms with Crippen molar-refractivity contribution in [3.63, 3.8) is 0 Å². The minimum absolute atomic E-state index is 0.263. The molecule has 2 aromatic rings. The monoisotopic (exact) mass is 301 g/mol. The van der Waals surface area contributed by atoms with E-state index in [9.17, 15) is 0 Å². The Kier molecular flexibility index (Phi) is 5.44. The molecule has 0 radical (unpaired) electrons. The highest BCUT2D eigenvalue weighted by atomic mass is 35.5. The van der Waals surface area contributed by atoms with Gasteiger partial charge >= 0.3 is 0 Å². The van der Waals surface area contributed by atoms with Crippen LogP contribution < -0.4 is 5.32 Å². The first-order valence-electron chi connectivity index (χ1n) is 7.63. The lowest BCUT2D eigenvalue weighted by Crippen LogP contribution is -2.12. The fraction of sp³-hybridized carbons (Fsp3) is 0.368. The number of halogens is 1. The van der Waals surface area contributed by atoms with E-state index in [1.165, 1.54) is 23.1 Å². The zero-order chi connectivity index (χ0) is 15.4. The minimum Gasteiger partial charge on any atom is -0.313 e. The van der Waals surface area contributed by atoms with Gasteiger partial charge in [0.2, 0.25) is 0 Å². The van der Waals surface area contributed by atoms with Crippen molar-refractivity contribution in [3.8, 4) is 11.1 Å². The standard InChI is InChI=1S/C19H24ClN/c1-5-13(2)15-6-8-16(9-7-15)17-10-11-18(14(3)21-4)19(20)12-17/h6-14,21H,5H2,1-4H3. The zero-order valence-corrected chi connectivity index (χ0v) is 14.0. The van der Waals surface area contributed by atoms with Gasteiger partial charge < -0.3 is 5.32 Å². The molecule has 0 amide bonds. The summed E-state index contributed by atoms with van der Waals surface area (Å²) in [5.41, 5.74) is 4.92. The third-order valence-corrected chi connectivity index (χ3v) is 4.65. The second-order valence-electron chi connectivity index (χ2n) is 5.68. The van der Waals surface area contributed by atoms with Crippen LogP contribution in [0.3, 0.4) is 0 Å². The largest absolute Gasteiger partial charge is 0.313 e. The summed E-state index contributed by atoms with van der Waals surface area (Å²) in [6.45, 7) is 6.60. The molecule has 0 spiro atoms. The Balaban J connectivity index is 2.28. The van der Waals surface area contributed by atoms with Gasteiger partial charge in [-0.05, 0) is 54.6 Å². The molecule has 21 heavy (non-hydrogen) atoms. The number of rotatable bonds is 5. The van der Waals surface area contributed by atoms with Crippen LogP contribution in [0.15, 0.2) is 42.5 Å². The number of hydrogen-bond donors (Lipinski definition) is 1. The Morgan fingerprint density at radius 3 is 2.14 bits per heavy atom. The van der Waals surface area contributed by atoms with Crippen LogP contribution in [0.4, 0.5) is 0 Å². The zero-order valence-electron chi connectivity index (χ0n) is 13.3. The van der Waals surface area contributed by atoms with Crippen LogP contribution >= 0.6 is 11.6 Å². The topological polar surface area (TPSA) is 12.0 Å². The lowest BCUT2D eigenvalue weighted by molar-refractivity contribution is 0.652. The quantitative estimate of drug-likeness (QED) is 0.736. The molecule has 0 aromatic heterocycles. The Morgan fingerprint density at radius 2 is 1.62 bits per heavy atom. The SMILES string of the molecule is CCC(C)c1ccc(-c2ccc(C(C)NC)c(Cl)c2)cc1. The first-order valence-corrected chi connectivity index (χ1v) is 8.01. The Labute approximate surface area is 133 Å². The second kappa shape index (κ2) is 7.11. The Morgan fingerprint density at radius 1 is 1.00 bits per heavy atom. The molecule has 2 unspecified atom stereocenters. The van der Waals surface area contributed by atoms with Crippen LogP contribution in [0.5, 0.6) is 0 Å². The molecule has 1 N–H and O–H groups in total. The number of hydrogen-bond acceptors (Lipinski definition) is 1. The van der Waals surface area contributed by atoms with Crippen molar-refractivity contribution in [3.05, 3.63) is 58.6 Å². The van der Waals surface area contributed by atoms with Gasteiger partial charge in [-0.25, -0.2) is 0 Å². The second-order valence-corrected chi connectivity index (χ2v) is 6.09. The maximum Gasteiger partial charge on any atom is 0.0459 e. The molecule has 0 saturated carbocycles. The first-order chi connectivity index (χ1) is 10.1. The fourth-order valence-electron chi connectivity index (χ4n) is 2.45. The van der Waals surface area contributed by atoms with Crippen molar-refractivity contribution < 1.29 is 0 Å². The first kappa shape index (κ1) is 16.1. The molecule has 1 nitrogen and oxygen atoms in total. The minimum atomic E-state index is 0.263. The lowest BCUT2D eigenvalue weighted by Gasteiger charge is -2.14. The van der Waals surface area contributed by atoms with Crippen LogP contribution in [-0.4, -0.2) is 7.05 Å². The Bertz CT molecular complexity index is 589. The smallest absolute Gasteiger partial charge is 0.0459 e. The van der Waals surface area contributed by atoms with Crippen molar-refractivity contribution >= 4 is 11.6 Å². The van der Waals surface area contributed by atoms with Gasteiger partial charge in [-0.1, -0.05) is 61.8 Å². The van der Waals surface area contributed by atoms with Crippen molar-refractivity contribution in [2.24, 2.45) is 0 Å². The van der Waals surface area contributed by atoms with E-state index in [2.05, 4.69) is 68.6 Å². The highest BCUT2D eigenvalue weighted by Crippen LogP contribution is 2.30. The van der Waals surface area contributed by atoms with Gasteiger partial charge in [-0.3, -0.25) is 0 Å². The normalized spacial score (nSPS) is 14.0. The van der Waals surface area contributed by atoms with E-state index in [4.69, 9.17) is 11.6 Å². The highest BCUT2D eigenvalue weighted by molar-refractivity contribution is 6.31. The maximum atomic E-state index is 6.42. The molecular weight excluding hydrogens is 278 g/mol. The van der Waals surface area contributed by atoms with E-state index in [0.29, 0.717) is 5.92 Å². The molecule has 2 atom stereocenters. The van der Waals surface area contributed by atoms with Gasteiger partial charge in [0.25, 0.3) is 0 Å². The average molecular weight is 302 g/mol. The maximum absolute atomic E-state index is 6.42. The molecule has 0 fully saturated rings. The summed E-state index contributed by atoms with van der Waals surface area (Å²) in [6.07, 6.45) is 1.17. The van der Waals surface area contributed by atoms with Gasteiger partial charge in [-0.15, -0.1) is 0 Å². The molecular formula is C19H24ClN. The van der Waals surface area contributed by atoms with Gasteiger partial charge in [0.05, 0.1) is 0 Å². The van der Waals surface area contributed by atoms with Crippen molar-refractivity contribution in [1.82, 2.24) is 5.32 Å². The van der Waals surface area contributed by atoms with Crippen LogP contribution in [-0.2, 0) is 0 Å². The predicted molar refractivity (Wildman–Crippen MR) is 93.1 cm³/mol. The summed E-state index contributed by atoms with van der Waals surface area (Å²) in [5, 5.41) is 4.04. The van der Waals surface area contributed by atoms with Gasteiger partial charge in [0.1, 0.15) is 0 Å². The van der Waals surface area contributed by atoms with Crippen molar-refractivity contribution in [2.45, 2.75) is 39.2 Å². The molecule has 0 aliphatic heterocycles. The van der Waals surface area contributed by atoms with E-state index in [1.807, 2.05) is 7.05 Å². The van der Waals surface area contributed by atoms with Crippen LogP contribution in [0.25, 0.3) is 11.1 Å². The van der Waals surface area contributed by atoms with Crippen molar-refractivity contribution in [1.29, 1.82) is 0 Å². The van der Waals surface area contributed by atoms with E-state index in [1.54, 1.807) is 0 Å². The molecule has 2 heteroatoms. The molecule has 0 aliphatic carbocycles. The van der Waals surface area contributed by atoms with E-state index in [0.717, 1.165) is 10.6 Å². The summed E-state index contributed by atoms with van der Waals surface area (Å²) >= 11 is 6.42. The molecule has 0 aliphatic rings. The fourth-order valence-corrected chi connectivity index (χ4v) is 2.80. The predicted octanol–water partition coefficient (Wildman–Crippen LogP) is 5.80. The molecule has 2 rings (SSSR count). The molecule has 0 bridgehead atoms. The van der Waals surface area contributed by atoms with E-state index >= 15 is 0 Å².